The van der Waals surface area contributed by atoms with Gasteiger partial charge in [-0.15, -0.1) is 0 Å². The van der Waals surface area contributed by atoms with Crippen molar-refractivity contribution in [2.24, 2.45) is 5.92 Å². The molecule has 0 aromatic rings. The summed E-state index contributed by atoms with van der Waals surface area (Å²) < 4.78 is 0. The van der Waals surface area contributed by atoms with Crippen LogP contribution in [0.25, 0.3) is 0 Å². The lowest BCUT2D eigenvalue weighted by atomic mass is 9.80. The van der Waals surface area contributed by atoms with Crippen LogP contribution in [-0.2, 0) is 0 Å². The molecule has 1 saturated heterocycles. The van der Waals surface area contributed by atoms with Gasteiger partial charge in [-0.2, -0.15) is 0 Å². The minimum Gasteiger partial charge on any atom is -0.309 e. The summed E-state index contributed by atoms with van der Waals surface area (Å²) in [7, 11) is 0. The van der Waals surface area contributed by atoms with Crippen LogP contribution in [0, 0.1) is 5.92 Å². The minimum atomic E-state index is 0.346. The zero-order valence-electron chi connectivity index (χ0n) is 13.4. The first-order chi connectivity index (χ1) is 9.18. The van der Waals surface area contributed by atoms with E-state index >= 15 is 0 Å². The Balaban J connectivity index is 1.99. The summed E-state index contributed by atoms with van der Waals surface area (Å²) in [5, 5.41) is 3.86. The summed E-state index contributed by atoms with van der Waals surface area (Å²) in [6.45, 7) is 10.8. The summed E-state index contributed by atoms with van der Waals surface area (Å²) >= 11 is 0. The van der Waals surface area contributed by atoms with Gasteiger partial charge in [0.1, 0.15) is 0 Å². The van der Waals surface area contributed by atoms with Gasteiger partial charge in [-0.3, -0.25) is 4.90 Å². The molecule has 2 fully saturated rings. The molecule has 2 atom stereocenters. The van der Waals surface area contributed by atoms with Gasteiger partial charge in [0.15, 0.2) is 0 Å². The molecule has 1 N–H and O–H groups in total. The van der Waals surface area contributed by atoms with Crippen molar-refractivity contribution in [2.75, 3.05) is 19.6 Å². The molecule has 0 amide bonds. The van der Waals surface area contributed by atoms with Gasteiger partial charge in [0, 0.05) is 24.7 Å². The van der Waals surface area contributed by atoms with Gasteiger partial charge < -0.3 is 5.32 Å². The standard InChI is InChI=1S/C17H34N2/c1-4-6-12-19-14-17(3,5-2)18-13-16(19)15-10-8-7-9-11-15/h15-16,18H,4-14H2,1-3H3. The summed E-state index contributed by atoms with van der Waals surface area (Å²) in [6.07, 6.45) is 11.3. The van der Waals surface area contributed by atoms with Crippen molar-refractivity contribution in [3.05, 3.63) is 0 Å². The second-order valence-corrected chi connectivity index (χ2v) is 7.08. The van der Waals surface area contributed by atoms with E-state index in [1.165, 1.54) is 71.0 Å². The average Bonchev–Trinajstić information content (AvgIpc) is 2.46. The van der Waals surface area contributed by atoms with Crippen LogP contribution in [0.5, 0.6) is 0 Å². The number of nitrogens with one attached hydrogen (secondary N) is 1. The summed E-state index contributed by atoms with van der Waals surface area (Å²) in [4.78, 5) is 2.83. The number of nitrogens with zero attached hydrogens (tertiary/aromatic N) is 1. The molecule has 0 aromatic carbocycles. The Morgan fingerprint density at radius 3 is 2.53 bits per heavy atom. The lowest BCUT2D eigenvalue weighted by Crippen LogP contribution is -2.64. The highest BCUT2D eigenvalue weighted by molar-refractivity contribution is 4.96. The molecule has 112 valence electrons. The molecule has 19 heavy (non-hydrogen) atoms. The minimum absolute atomic E-state index is 0.346. The third-order valence-corrected chi connectivity index (χ3v) is 5.53. The molecule has 0 radical (unpaired) electrons. The fraction of sp³-hybridized carbons (Fsp3) is 1.00. The van der Waals surface area contributed by atoms with Crippen LogP contribution in [0.3, 0.4) is 0 Å². The number of hydrogen-bond acceptors (Lipinski definition) is 2. The zero-order chi connectivity index (χ0) is 13.7. The molecule has 0 bridgehead atoms. The summed E-state index contributed by atoms with van der Waals surface area (Å²) in [5.74, 6) is 0.958. The van der Waals surface area contributed by atoms with Gasteiger partial charge in [0.05, 0.1) is 0 Å². The van der Waals surface area contributed by atoms with Gasteiger partial charge in [-0.05, 0) is 45.1 Å². The third kappa shape index (κ3) is 3.95. The van der Waals surface area contributed by atoms with E-state index in [2.05, 4.69) is 31.0 Å². The van der Waals surface area contributed by atoms with Gasteiger partial charge >= 0.3 is 0 Å². The SMILES string of the molecule is CCCCN1CC(C)(CC)NCC1C1CCCCC1. The van der Waals surface area contributed by atoms with E-state index < -0.39 is 0 Å². The Bertz CT molecular complexity index is 260. The van der Waals surface area contributed by atoms with Crippen molar-refractivity contribution in [2.45, 2.75) is 83.7 Å². The zero-order valence-corrected chi connectivity index (χ0v) is 13.4. The molecule has 0 spiro atoms. The molecular weight excluding hydrogens is 232 g/mol. The molecule has 2 heteroatoms. The first-order valence-corrected chi connectivity index (χ1v) is 8.67. The van der Waals surface area contributed by atoms with E-state index in [-0.39, 0.29) is 0 Å². The van der Waals surface area contributed by atoms with E-state index in [0.29, 0.717) is 5.54 Å². The van der Waals surface area contributed by atoms with Crippen LogP contribution in [0.15, 0.2) is 0 Å². The smallest absolute Gasteiger partial charge is 0.0278 e. The van der Waals surface area contributed by atoms with Crippen LogP contribution in [0.1, 0.15) is 72.1 Å². The van der Waals surface area contributed by atoms with Gasteiger partial charge in [-0.1, -0.05) is 39.5 Å². The van der Waals surface area contributed by atoms with Crippen LogP contribution >= 0.6 is 0 Å². The Morgan fingerprint density at radius 1 is 1.16 bits per heavy atom. The largest absolute Gasteiger partial charge is 0.309 e. The second-order valence-electron chi connectivity index (χ2n) is 7.08. The van der Waals surface area contributed by atoms with Crippen LogP contribution < -0.4 is 5.32 Å². The molecule has 0 aromatic heterocycles. The van der Waals surface area contributed by atoms with Crippen molar-refractivity contribution in [3.8, 4) is 0 Å². The van der Waals surface area contributed by atoms with Crippen LogP contribution in [-0.4, -0.2) is 36.1 Å². The van der Waals surface area contributed by atoms with E-state index in [9.17, 15) is 0 Å². The third-order valence-electron chi connectivity index (χ3n) is 5.53. The van der Waals surface area contributed by atoms with Crippen molar-refractivity contribution < 1.29 is 0 Å². The predicted octanol–water partition coefficient (Wildman–Crippen LogP) is 3.81. The van der Waals surface area contributed by atoms with Gasteiger partial charge in [0.2, 0.25) is 0 Å². The maximum atomic E-state index is 3.86. The highest BCUT2D eigenvalue weighted by atomic mass is 15.3. The van der Waals surface area contributed by atoms with Gasteiger partial charge in [0.25, 0.3) is 0 Å². The highest BCUT2D eigenvalue weighted by Crippen LogP contribution is 2.32. The van der Waals surface area contributed by atoms with Crippen molar-refractivity contribution in [1.82, 2.24) is 10.2 Å². The first-order valence-electron chi connectivity index (χ1n) is 8.67. The average molecular weight is 266 g/mol. The maximum absolute atomic E-state index is 3.86. The normalized spacial score (nSPS) is 34.6. The maximum Gasteiger partial charge on any atom is 0.0278 e. The quantitative estimate of drug-likeness (QED) is 0.814. The number of hydrogen-bond donors (Lipinski definition) is 1. The van der Waals surface area contributed by atoms with Crippen molar-refractivity contribution in [3.63, 3.8) is 0 Å². The second kappa shape index (κ2) is 7.08. The monoisotopic (exact) mass is 266 g/mol. The lowest BCUT2D eigenvalue weighted by Gasteiger charge is -2.49. The predicted molar refractivity (Wildman–Crippen MR) is 83.5 cm³/mol. The topological polar surface area (TPSA) is 15.3 Å². The van der Waals surface area contributed by atoms with Crippen molar-refractivity contribution in [1.29, 1.82) is 0 Å². The Kier molecular flexibility index (Phi) is 5.70. The Labute approximate surface area is 120 Å². The van der Waals surface area contributed by atoms with E-state index in [1.807, 2.05) is 0 Å². The molecule has 1 aliphatic heterocycles. The fourth-order valence-electron chi connectivity index (χ4n) is 3.93. The molecule has 1 aliphatic carbocycles. The fourth-order valence-corrected chi connectivity index (χ4v) is 3.93. The Morgan fingerprint density at radius 2 is 1.89 bits per heavy atom. The number of rotatable bonds is 5. The molecule has 2 unspecified atom stereocenters. The first kappa shape index (κ1) is 15.3. The molecule has 2 rings (SSSR count). The molecule has 1 saturated carbocycles. The summed E-state index contributed by atoms with van der Waals surface area (Å²) in [5.41, 5.74) is 0.346. The molecular formula is C17H34N2. The van der Waals surface area contributed by atoms with E-state index in [0.717, 1.165) is 12.0 Å². The van der Waals surface area contributed by atoms with Gasteiger partial charge in [-0.25, -0.2) is 0 Å². The molecule has 2 nitrogen and oxygen atoms in total. The lowest BCUT2D eigenvalue weighted by molar-refractivity contribution is 0.0396. The van der Waals surface area contributed by atoms with E-state index in [1.54, 1.807) is 0 Å². The van der Waals surface area contributed by atoms with Crippen LogP contribution in [0.4, 0.5) is 0 Å². The molecule has 2 aliphatic rings. The van der Waals surface area contributed by atoms with Crippen LogP contribution in [0.2, 0.25) is 0 Å². The van der Waals surface area contributed by atoms with E-state index in [4.69, 9.17) is 0 Å². The molecule has 1 heterocycles. The number of piperazine rings is 1. The summed E-state index contributed by atoms with van der Waals surface area (Å²) in [6, 6.07) is 0.812. The Hall–Kier alpha value is -0.0800. The van der Waals surface area contributed by atoms with Crippen molar-refractivity contribution >= 4 is 0 Å². The number of unbranched alkanes of at least 4 members (excludes halogenated alkanes) is 1. The highest BCUT2D eigenvalue weighted by Gasteiger charge is 2.37.